The van der Waals surface area contributed by atoms with Gasteiger partial charge in [0.25, 0.3) is 10.2 Å². The zero-order valence-corrected chi connectivity index (χ0v) is 15.3. The van der Waals surface area contributed by atoms with Gasteiger partial charge < -0.3 is 9.88 Å². The van der Waals surface area contributed by atoms with Crippen LogP contribution in [0.25, 0.3) is 11.0 Å². The van der Waals surface area contributed by atoms with Gasteiger partial charge in [0.1, 0.15) is 17.8 Å². The van der Waals surface area contributed by atoms with E-state index in [4.69, 9.17) is 0 Å². The molecule has 2 aliphatic rings. The molecule has 3 heterocycles. The minimum Gasteiger partial charge on any atom is -0.356 e. The molecule has 25 heavy (non-hydrogen) atoms. The quantitative estimate of drug-likeness (QED) is 0.829. The Hall–Kier alpha value is -1.71. The van der Waals surface area contributed by atoms with Crippen LogP contribution in [0.3, 0.4) is 0 Å². The highest BCUT2D eigenvalue weighted by Gasteiger charge is 2.38. The Labute approximate surface area is 147 Å². The first-order valence-corrected chi connectivity index (χ1v) is 10.2. The second-order valence-electron chi connectivity index (χ2n) is 7.25. The van der Waals surface area contributed by atoms with Crippen molar-refractivity contribution in [2.24, 2.45) is 5.92 Å². The molecule has 2 aromatic heterocycles. The predicted molar refractivity (Wildman–Crippen MR) is 96.5 cm³/mol. The maximum atomic E-state index is 12.4. The third-order valence-electron chi connectivity index (χ3n) is 5.37. The summed E-state index contributed by atoms with van der Waals surface area (Å²) >= 11 is 0. The van der Waals surface area contributed by atoms with Crippen molar-refractivity contribution in [3.8, 4) is 0 Å². The highest BCUT2D eigenvalue weighted by molar-refractivity contribution is 7.87. The van der Waals surface area contributed by atoms with E-state index in [1.807, 2.05) is 19.3 Å². The van der Waals surface area contributed by atoms with Crippen molar-refractivity contribution in [2.75, 3.05) is 25.0 Å². The maximum absolute atomic E-state index is 12.4. The van der Waals surface area contributed by atoms with Crippen LogP contribution in [0.15, 0.2) is 18.6 Å². The Bertz CT molecular complexity index is 860. The van der Waals surface area contributed by atoms with Crippen molar-refractivity contribution in [2.45, 2.75) is 38.3 Å². The third-order valence-corrected chi connectivity index (χ3v) is 7.01. The fraction of sp³-hybridized carbons (Fsp3) is 0.625. The largest absolute Gasteiger partial charge is 0.356 e. The number of nitrogens with one attached hydrogen (secondary N) is 2. The van der Waals surface area contributed by atoms with Crippen LogP contribution < -0.4 is 9.62 Å². The molecule has 4 rings (SSSR count). The van der Waals surface area contributed by atoms with Gasteiger partial charge in [-0.3, -0.25) is 0 Å². The molecular formula is C16H24N6O2S. The fourth-order valence-electron chi connectivity index (χ4n) is 3.71. The molecule has 1 aliphatic carbocycles. The lowest BCUT2D eigenvalue weighted by molar-refractivity contribution is 0.308. The molecule has 0 bridgehead atoms. The monoisotopic (exact) mass is 364 g/mol. The molecule has 0 aromatic carbocycles. The fourth-order valence-corrected chi connectivity index (χ4v) is 5.27. The van der Waals surface area contributed by atoms with Gasteiger partial charge in [0, 0.05) is 38.4 Å². The van der Waals surface area contributed by atoms with Crippen molar-refractivity contribution < 1.29 is 8.42 Å². The number of anilines is 1. The lowest BCUT2D eigenvalue weighted by atomic mass is 9.86. The number of aromatic nitrogens is 3. The number of H-pyrrole nitrogens is 1. The average Bonchev–Trinajstić information content (AvgIpc) is 3.18. The summed E-state index contributed by atoms with van der Waals surface area (Å²) in [5, 5.41) is 0.986. The van der Waals surface area contributed by atoms with E-state index >= 15 is 0 Å². The molecular weight excluding hydrogens is 340 g/mol. The standard InChI is InChI=1S/C16H24N6O2S/c1-11-4-6-22(9-11)25(23,24)20-12-7-13(8-12)21(2)16-14-3-5-17-15(14)18-10-19-16/h3,5,10-13,20H,4,6-9H2,1-2H3,(H,17,18,19)/t11-,12-,13+/m0/s1. The SMILES string of the molecule is C[C@H]1CCN(S(=O)(=O)N[C@H]2C[C@@H](N(C)c3ncnc4[nH]ccc34)C2)C1. The van der Waals surface area contributed by atoms with E-state index in [2.05, 4.69) is 31.5 Å². The summed E-state index contributed by atoms with van der Waals surface area (Å²) in [6, 6.07) is 2.24. The number of hydrogen-bond donors (Lipinski definition) is 2. The zero-order valence-electron chi connectivity index (χ0n) is 14.5. The van der Waals surface area contributed by atoms with Crippen LogP contribution in [0.4, 0.5) is 5.82 Å². The van der Waals surface area contributed by atoms with Gasteiger partial charge in [-0.2, -0.15) is 17.4 Å². The van der Waals surface area contributed by atoms with Gasteiger partial charge in [0.05, 0.1) is 5.39 Å². The molecule has 9 heteroatoms. The normalized spacial score (nSPS) is 27.5. The Morgan fingerprint density at radius 2 is 2.16 bits per heavy atom. The van der Waals surface area contributed by atoms with E-state index < -0.39 is 10.2 Å². The van der Waals surface area contributed by atoms with Crippen LogP contribution in [-0.4, -0.2) is 59.9 Å². The van der Waals surface area contributed by atoms with Crippen LogP contribution in [0.5, 0.6) is 0 Å². The molecule has 2 N–H and O–H groups in total. The van der Waals surface area contributed by atoms with Gasteiger partial charge in [-0.25, -0.2) is 9.97 Å². The number of aromatic amines is 1. The van der Waals surface area contributed by atoms with Crippen LogP contribution >= 0.6 is 0 Å². The summed E-state index contributed by atoms with van der Waals surface area (Å²) in [5.74, 6) is 1.32. The Morgan fingerprint density at radius 3 is 2.88 bits per heavy atom. The van der Waals surface area contributed by atoms with Crippen molar-refractivity contribution >= 4 is 27.1 Å². The Kier molecular flexibility index (Phi) is 4.17. The smallest absolute Gasteiger partial charge is 0.279 e. The number of nitrogens with zero attached hydrogens (tertiary/aromatic N) is 4. The molecule has 2 fully saturated rings. The van der Waals surface area contributed by atoms with Gasteiger partial charge in [-0.15, -0.1) is 0 Å². The Morgan fingerprint density at radius 1 is 1.36 bits per heavy atom. The lowest BCUT2D eigenvalue weighted by Crippen LogP contribution is -2.55. The third kappa shape index (κ3) is 3.11. The topological polar surface area (TPSA) is 94.2 Å². The summed E-state index contributed by atoms with van der Waals surface area (Å²) in [7, 11) is -1.35. The van der Waals surface area contributed by atoms with Crippen molar-refractivity contribution in [3.63, 3.8) is 0 Å². The van der Waals surface area contributed by atoms with Gasteiger partial charge in [-0.1, -0.05) is 6.92 Å². The van der Waals surface area contributed by atoms with Crippen LogP contribution in [0.1, 0.15) is 26.2 Å². The van der Waals surface area contributed by atoms with Gasteiger partial charge in [-0.05, 0) is 31.2 Å². The highest BCUT2D eigenvalue weighted by Crippen LogP contribution is 2.31. The van der Waals surface area contributed by atoms with Gasteiger partial charge in [0.15, 0.2) is 0 Å². The average molecular weight is 364 g/mol. The predicted octanol–water partition coefficient (Wildman–Crippen LogP) is 1.10. The van der Waals surface area contributed by atoms with Crippen LogP contribution in [0, 0.1) is 5.92 Å². The summed E-state index contributed by atoms with van der Waals surface area (Å²) in [6.07, 6.45) is 5.92. The molecule has 1 aliphatic heterocycles. The summed E-state index contributed by atoms with van der Waals surface area (Å²) in [5.41, 5.74) is 0.816. The summed E-state index contributed by atoms with van der Waals surface area (Å²) in [6.45, 7) is 3.34. The molecule has 1 atom stereocenters. The molecule has 1 saturated heterocycles. The van der Waals surface area contributed by atoms with E-state index in [1.54, 1.807) is 10.6 Å². The van der Waals surface area contributed by atoms with E-state index in [0.717, 1.165) is 36.1 Å². The van der Waals surface area contributed by atoms with E-state index in [0.29, 0.717) is 19.0 Å². The van der Waals surface area contributed by atoms with Gasteiger partial charge >= 0.3 is 0 Å². The molecule has 8 nitrogen and oxygen atoms in total. The molecule has 136 valence electrons. The number of rotatable bonds is 5. The van der Waals surface area contributed by atoms with Crippen molar-refractivity contribution in [1.82, 2.24) is 24.0 Å². The first kappa shape index (κ1) is 16.7. The highest BCUT2D eigenvalue weighted by atomic mass is 32.2. The number of hydrogen-bond acceptors (Lipinski definition) is 5. The zero-order chi connectivity index (χ0) is 17.6. The first-order chi connectivity index (χ1) is 11.9. The summed E-state index contributed by atoms with van der Waals surface area (Å²) in [4.78, 5) is 13.8. The van der Waals surface area contributed by atoms with E-state index in [9.17, 15) is 8.42 Å². The molecule has 0 spiro atoms. The van der Waals surface area contributed by atoms with Crippen molar-refractivity contribution in [3.05, 3.63) is 18.6 Å². The number of fused-ring (bicyclic) bond motifs is 1. The molecule has 0 amide bonds. The second kappa shape index (κ2) is 6.22. The lowest BCUT2D eigenvalue weighted by Gasteiger charge is -2.42. The summed E-state index contributed by atoms with van der Waals surface area (Å²) < 4.78 is 29.3. The molecule has 2 aromatic rings. The minimum atomic E-state index is -3.36. The van der Waals surface area contributed by atoms with Crippen LogP contribution in [-0.2, 0) is 10.2 Å². The first-order valence-electron chi connectivity index (χ1n) is 8.72. The van der Waals surface area contributed by atoms with E-state index in [1.165, 1.54) is 0 Å². The Balaban J connectivity index is 1.38. The molecule has 1 saturated carbocycles. The van der Waals surface area contributed by atoms with E-state index in [-0.39, 0.29) is 12.1 Å². The molecule has 0 radical (unpaired) electrons. The van der Waals surface area contributed by atoms with Crippen LogP contribution in [0.2, 0.25) is 0 Å². The maximum Gasteiger partial charge on any atom is 0.279 e. The van der Waals surface area contributed by atoms with Crippen molar-refractivity contribution in [1.29, 1.82) is 0 Å². The second-order valence-corrected chi connectivity index (χ2v) is 8.95. The van der Waals surface area contributed by atoms with Gasteiger partial charge in [0.2, 0.25) is 0 Å². The minimum absolute atomic E-state index is 0.00286. The molecule has 0 unspecified atom stereocenters.